The summed E-state index contributed by atoms with van der Waals surface area (Å²) >= 11 is 0. The molecule has 23 heavy (non-hydrogen) atoms. The molecule has 0 fully saturated rings. The second-order valence-electron chi connectivity index (χ2n) is 5.94. The van der Waals surface area contributed by atoms with E-state index >= 15 is 0 Å². The third-order valence-electron chi connectivity index (χ3n) is 4.09. The predicted octanol–water partition coefficient (Wildman–Crippen LogP) is 4.63. The minimum absolute atomic E-state index is 0.431. The van der Waals surface area contributed by atoms with Crippen molar-refractivity contribution in [2.24, 2.45) is 0 Å². The minimum Gasteiger partial charge on any atom is -0.309 e. The lowest BCUT2D eigenvalue weighted by molar-refractivity contribution is 0.505. The zero-order valence-electron chi connectivity index (χ0n) is 13.4. The van der Waals surface area contributed by atoms with Crippen LogP contribution >= 0.6 is 0 Å². The Labute approximate surface area is 139 Å². The minimum atomic E-state index is 0.431. The summed E-state index contributed by atoms with van der Waals surface area (Å²) in [6.07, 6.45) is 2.09. The van der Waals surface area contributed by atoms with Gasteiger partial charge in [0.25, 0.3) is 0 Å². The largest absolute Gasteiger partial charge is 0.309 e. The van der Waals surface area contributed by atoms with Crippen molar-refractivity contribution in [3.63, 3.8) is 0 Å². The van der Waals surface area contributed by atoms with Gasteiger partial charge in [0.2, 0.25) is 0 Å². The molecule has 3 aromatic rings. The standard InChI is InChI=1S/C22H23N/c1-4-10-19(11-5-1)16-22(17-20-12-6-2-7-13-20)23-18-21-14-8-3-9-15-21/h1-15,22-23H,16-18H2. The molecule has 116 valence electrons. The van der Waals surface area contributed by atoms with Crippen LogP contribution in [0.4, 0.5) is 0 Å². The summed E-state index contributed by atoms with van der Waals surface area (Å²) in [5, 5.41) is 3.73. The second kappa shape index (κ2) is 8.30. The highest BCUT2D eigenvalue weighted by Crippen LogP contribution is 2.10. The maximum Gasteiger partial charge on any atom is 0.0208 e. The van der Waals surface area contributed by atoms with E-state index in [1.807, 2.05) is 0 Å². The van der Waals surface area contributed by atoms with Crippen molar-refractivity contribution in [1.29, 1.82) is 0 Å². The molecular formula is C22H23N. The monoisotopic (exact) mass is 301 g/mol. The van der Waals surface area contributed by atoms with Gasteiger partial charge in [-0.3, -0.25) is 0 Å². The Morgan fingerprint density at radius 3 is 1.35 bits per heavy atom. The molecule has 0 bridgehead atoms. The van der Waals surface area contributed by atoms with Crippen LogP contribution < -0.4 is 5.32 Å². The average molecular weight is 301 g/mol. The highest BCUT2D eigenvalue weighted by molar-refractivity contribution is 5.20. The van der Waals surface area contributed by atoms with E-state index in [4.69, 9.17) is 0 Å². The Hall–Kier alpha value is -2.38. The molecule has 0 spiro atoms. The van der Waals surface area contributed by atoms with Gasteiger partial charge in [0, 0.05) is 12.6 Å². The first-order chi connectivity index (χ1) is 11.4. The Balaban J connectivity index is 1.67. The van der Waals surface area contributed by atoms with Crippen molar-refractivity contribution in [3.05, 3.63) is 108 Å². The molecule has 0 unspecified atom stereocenters. The maximum atomic E-state index is 3.73. The first kappa shape index (κ1) is 15.5. The van der Waals surface area contributed by atoms with Crippen LogP contribution in [0, 0.1) is 0 Å². The fraction of sp³-hybridized carbons (Fsp3) is 0.182. The molecular weight excluding hydrogens is 278 g/mol. The lowest BCUT2D eigenvalue weighted by Crippen LogP contribution is -2.32. The van der Waals surface area contributed by atoms with Gasteiger partial charge in [0.1, 0.15) is 0 Å². The van der Waals surface area contributed by atoms with Crippen LogP contribution in [0.25, 0.3) is 0 Å². The summed E-state index contributed by atoms with van der Waals surface area (Å²) in [6.45, 7) is 0.908. The molecule has 0 saturated heterocycles. The predicted molar refractivity (Wildman–Crippen MR) is 97.4 cm³/mol. The first-order valence-corrected chi connectivity index (χ1v) is 8.25. The molecule has 3 rings (SSSR count). The Bertz CT molecular complexity index is 635. The molecule has 0 heterocycles. The van der Waals surface area contributed by atoms with E-state index in [0.717, 1.165) is 19.4 Å². The van der Waals surface area contributed by atoms with Gasteiger partial charge in [-0.1, -0.05) is 91.0 Å². The van der Waals surface area contributed by atoms with Gasteiger partial charge in [-0.2, -0.15) is 0 Å². The Morgan fingerprint density at radius 2 is 0.913 bits per heavy atom. The van der Waals surface area contributed by atoms with Crippen LogP contribution in [0.5, 0.6) is 0 Å². The van der Waals surface area contributed by atoms with Crippen molar-refractivity contribution >= 4 is 0 Å². The summed E-state index contributed by atoms with van der Waals surface area (Å²) in [5.41, 5.74) is 4.10. The highest BCUT2D eigenvalue weighted by Gasteiger charge is 2.10. The topological polar surface area (TPSA) is 12.0 Å². The van der Waals surface area contributed by atoms with Crippen molar-refractivity contribution in [2.45, 2.75) is 25.4 Å². The number of hydrogen-bond acceptors (Lipinski definition) is 1. The van der Waals surface area contributed by atoms with Crippen LogP contribution in [-0.4, -0.2) is 6.04 Å². The van der Waals surface area contributed by atoms with Crippen LogP contribution in [0.2, 0.25) is 0 Å². The van der Waals surface area contributed by atoms with Crippen LogP contribution in [0.3, 0.4) is 0 Å². The van der Waals surface area contributed by atoms with E-state index in [-0.39, 0.29) is 0 Å². The van der Waals surface area contributed by atoms with Gasteiger partial charge in [-0.25, -0.2) is 0 Å². The number of nitrogens with one attached hydrogen (secondary N) is 1. The summed E-state index contributed by atoms with van der Waals surface area (Å²) in [5.74, 6) is 0. The molecule has 1 heteroatoms. The molecule has 0 aliphatic carbocycles. The Morgan fingerprint density at radius 1 is 0.522 bits per heavy atom. The first-order valence-electron chi connectivity index (χ1n) is 8.25. The maximum absolute atomic E-state index is 3.73. The van der Waals surface area contributed by atoms with Gasteiger partial charge in [0.05, 0.1) is 0 Å². The van der Waals surface area contributed by atoms with Crippen molar-refractivity contribution in [3.8, 4) is 0 Å². The number of hydrogen-bond donors (Lipinski definition) is 1. The zero-order valence-corrected chi connectivity index (χ0v) is 13.4. The SMILES string of the molecule is c1ccc(CNC(Cc2ccccc2)Cc2ccccc2)cc1. The summed E-state index contributed by atoms with van der Waals surface area (Å²) in [4.78, 5) is 0. The second-order valence-corrected chi connectivity index (χ2v) is 5.94. The Kier molecular flexibility index (Phi) is 5.60. The van der Waals surface area contributed by atoms with E-state index < -0.39 is 0 Å². The average Bonchev–Trinajstić information content (AvgIpc) is 2.62. The molecule has 1 N–H and O–H groups in total. The van der Waals surface area contributed by atoms with E-state index in [9.17, 15) is 0 Å². The fourth-order valence-corrected chi connectivity index (χ4v) is 2.87. The van der Waals surface area contributed by atoms with E-state index in [2.05, 4.69) is 96.3 Å². The van der Waals surface area contributed by atoms with Crippen LogP contribution in [0.15, 0.2) is 91.0 Å². The zero-order chi connectivity index (χ0) is 15.7. The van der Waals surface area contributed by atoms with Gasteiger partial charge in [-0.15, -0.1) is 0 Å². The van der Waals surface area contributed by atoms with Gasteiger partial charge in [-0.05, 0) is 29.5 Å². The smallest absolute Gasteiger partial charge is 0.0208 e. The fourth-order valence-electron chi connectivity index (χ4n) is 2.87. The third kappa shape index (κ3) is 5.08. The van der Waals surface area contributed by atoms with Gasteiger partial charge < -0.3 is 5.32 Å². The van der Waals surface area contributed by atoms with Crippen molar-refractivity contribution in [2.75, 3.05) is 0 Å². The van der Waals surface area contributed by atoms with Crippen molar-refractivity contribution in [1.82, 2.24) is 5.32 Å². The molecule has 0 aliphatic rings. The number of benzene rings is 3. The third-order valence-corrected chi connectivity index (χ3v) is 4.09. The van der Waals surface area contributed by atoms with E-state index in [1.54, 1.807) is 0 Å². The molecule has 0 aromatic heterocycles. The van der Waals surface area contributed by atoms with Crippen molar-refractivity contribution < 1.29 is 0 Å². The molecule has 3 aromatic carbocycles. The quantitative estimate of drug-likeness (QED) is 0.671. The normalized spacial score (nSPS) is 10.8. The highest BCUT2D eigenvalue weighted by atomic mass is 14.9. The molecule has 0 atom stereocenters. The lowest BCUT2D eigenvalue weighted by atomic mass is 9.98. The molecule has 0 aliphatic heterocycles. The van der Waals surface area contributed by atoms with Crippen LogP contribution in [0.1, 0.15) is 16.7 Å². The summed E-state index contributed by atoms with van der Waals surface area (Å²) < 4.78 is 0. The van der Waals surface area contributed by atoms with Crippen LogP contribution in [-0.2, 0) is 19.4 Å². The molecule has 0 saturated carbocycles. The van der Waals surface area contributed by atoms with Gasteiger partial charge in [0.15, 0.2) is 0 Å². The summed E-state index contributed by atoms with van der Waals surface area (Å²) in [6, 6.07) is 32.5. The summed E-state index contributed by atoms with van der Waals surface area (Å²) in [7, 11) is 0. The van der Waals surface area contributed by atoms with Gasteiger partial charge >= 0.3 is 0 Å². The lowest BCUT2D eigenvalue weighted by Gasteiger charge is -2.19. The molecule has 0 radical (unpaired) electrons. The van der Waals surface area contributed by atoms with E-state index in [0.29, 0.717) is 6.04 Å². The molecule has 0 amide bonds. The van der Waals surface area contributed by atoms with E-state index in [1.165, 1.54) is 16.7 Å². The number of rotatable bonds is 7. The molecule has 1 nitrogen and oxygen atoms in total.